The third-order valence-electron chi connectivity index (χ3n) is 2.37. The van der Waals surface area contributed by atoms with Crippen molar-refractivity contribution in [2.45, 2.75) is 6.54 Å². The van der Waals surface area contributed by atoms with E-state index >= 15 is 0 Å². The number of benzene rings is 1. The molecule has 0 aliphatic rings. The van der Waals surface area contributed by atoms with Gasteiger partial charge in [-0.2, -0.15) is 5.10 Å². The van der Waals surface area contributed by atoms with Crippen LogP contribution < -0.4 is 11.1 Å². The van der Waals surface area contributed by atoms with E-state index < -0.39 is 0 Å². The predicted octanol–water partition coefficient (Wildman–Crippen LogP) is 2.23. The number of aromatic amines is 1. The first kappa shape index (κ1) is 12.7. The van der Waals surface area contributed by atoms with Crippen molar-refractivity contribution in [2.24, 2.45) is 0 Å². The molecule has 0 aliphatic carbocycles. The molecule has 0 radical (unpaired) electrons. The Balaban J connectivity index is 2.04. The third-order valence-corrected chi connectivity index (χ3v) is 3.11. The number of rotatable bonds is 3. The molecule has 2 rings (SSSR count). The molecule has 94 valence electrons. The lowest BCUT2D eigenvalue weighted by Gasteiger charge is -2.05. The summed E-state index contributed by atoms with van der Waals surface area (Å²) in [4.78, 5) is 11.8. The molecular formula is C11H10Cl2N4O. The van der Waals surface area contributed by atoms with Crippen LogP contribution in [0.4, 0.5) is 5.82 Å². The van der Waals surface area contributed by atoms with Gasteiger partial charge in [0.15, 0.2) is 0 Å². The molecule has 0 saturated heterocycles. The Morgan fingerprint density at radius 2 is 2.17 bits per heavy atom. The monoisotopic (exact) mass is 284 g/mol. The molecular weight excluding hydrogens is 275 g/mol. The molecule has 0 unspecified atom stereocenters. The van der Waals surface area contributed by atoms with Gasteiger partial charge in [0.2, 0.25) is 0 Å². The van der Waals surface area contributed by atoms with Crippen molar-refractivity contribution in [3.05, 3.63) is 45.6 Å². The van der Waals surface area contributed by atoms with Gasteiger partial charge in [-0.1, -0.05) is 23.2 Å². The number of hydrogen-bond acceptors (Lipinski definition) is 3. The van der Waals surface area contributed by atoms with E-state index in [9.17, 15) is 4.79 Å². The lowest BCUT2D eigenvalue weighted by molar-refractivity contribution is 0.0951. The number of hydrogen-bond donors (Lipinski definition) is 3. The molecule has 0 bridgehead atoms. The fraction of sp³-hybridized carbons (Fsp3) is 0.0909. The van der Waals surface area contributed by atoms with Crippen LogP contribution in [0.3, 0.4) is 0 Å². The summed E-state index contributed by atoms with van der Waals surface area (Å²) in [5.41, 5.74) is 6.76. The Labute approximate surface area is 113 Å². The zero-order valence-electron chi connectivity index (χ0n) is 9.21. The SMILES string of the molecule is Nc1[nH]ncc1CNC(=O)c1ccc(Cl)c(Cl)c1. The molecule has 0 fully saturated rings. The van der Waals surface area contributed by atoms with E-state index in [0.29, 0.717) is 28.0 Å². The van der Waals surface area contributed by atoms with Gasteiger partial charge in [0, 0.05) is 17.7 Å². The van der Waals surface area contributed by atoms with E-state index in [2.05, 4.69) is 15.5 Å². The minimum absolute atomic E-state index is 0.255. The molecule has 5 nitrogen and oxygen atoms in total. The highest BCUT2D eigenvalue weighted by molar-refractivity contribution is 6.42. The number of carbonyl (C=O) groups is 1. The summed E-state index contributed by atoms with van der Waals surface area (Å²) in [6.45, 7) is 0.293. The van der Waals surface area contributed by atoms with Gasteiger partial charge in [-0.15, -0.1) is 0 Å². The van der Waals surface area contributed by atoms with Gasteiger partial charge in [0.05, 0.1) is 16.2 Å². The summed E-state index contributed by atoms with van der Waals surface area (Å²) in [6.07, 6.45) is 1.56. The van der Waals surface area contributed by atoms with Gasteiger partial charge in [-0.25, -0.2) is 0 Å². The molecule has 1 aromatic heterocycles. The van der Waals surface area contributed by atoms with Crippen LogP contribution in [-0.2, 0) is 6.54 Å². The minimum Gasteiger partial charge on any atom is -0.384 e. The van der Waals surface area contributed by atoms with E-state index in [1.54, 1.807) is 18.3 Å². The molecule has 0 saturated carbocycles. The largest absolute Gasteiger partial charge is 0.384 e. The number of nitrogens with two attached hydrogens (primary N) is 1. The van der Waals surface area contributed by atoms with E-state index in [-0.39, 0.29) is 5.91 Å². The fourth-order valence-electron chi connectivity index (χ4n) is 1.38. The third kappa shape index (κ3) is 2.75. The van der Waals surface area contributed by atoms with Gasteiger partial charge >= 0.3 is 0 Å². The van der Waals surface area contributed by atoms with E-state index in [4.69, 9.17) is 28.9 Å². The van der Waals surface area contributed by atoms with Crippen molar-refractivity contribution in [1.29, 1.82) is 0 Å². The topological polar surface area (TPSA) is 83.8 Å². The summed E-state index contributed by atoms with van der Waals surface area (Å²) in [7, 11) is 0. The Kier molecular flexibility index (Phi) is 3.74. The summed E-state index contributed by atoms with van der Waals surface area (Å²) in [6, 6.07) is 4.69. The first-order valence-electron chi connectivity index (χ1n) is 5.09. The Bertz CT molecular complexity index is 582. The van der Waals surface area contributed by atoms with Gasteiger partial charge in [-0.05, 0) is 18.2 Å². The summed E-state index contributed by atoms with van der Waals surface area (Å²) >= 11 is 11.6. The zero-order valence-corrected chi connectivity index (χ0v) is 10.7. The van der Waals surface area contributed by atoms with Crippen LogP contribution in [0.15, 0.2) is 24.4 Å². The Hall–Kier alpha value is -1.72. The zero-order chi connectivity index (χ0) is 13.1. The molecule has 2 aromatic rings. The lowest BCUT2D eigenvalue weighted by atomic mass is 10.2. The number of nitrogen functional groups attached to an aromatic ring is 1. The molecule has 4 N–H and O–H groups in total. The molecule has 1 aromatic carbocycles. The van der Waals surface area contributed by atoms with Crippen LogP contribution in [0, 0.1) is 0 Å². The van der Waals surface area contributed by atoms with Crippen LogP contribution in [0.1, 0.15) is 15.9 Å². The van der Waals surface area contributed by atoms with Crippen molar-refractivity contribution < 1.29 is 4.79 Å². The predicted molar refractivity (Wildman–Crippen MR) is 70.6 cm³/mol. The molecule has 18 heavy (non-hydrogen) atoms. The Morgan fingerprint density at radius 1 is 1.39 bits per heavy atom. The standard InChI is InChI=1S/C11H10Cl2N4O/c12-8-2-1-6(3-9(8)13)11(18)15-4-7-5-16-17-10(7)14/h1-3,5H,4H2,(H,15,18)(H3,14,16,17). The summed E-state index contributed by atoms with van der Waals surface area (Å²) < 4.78 is 0. The van der Waals surface area contributed by atoms with E-state index in [1.807, 2.05) is 0 Å². The van der Waals surface area contributed by atoms with E-state index in [1.165, 1.54) is 6.07 Å². The van der Waals surface area contributed by atoms with Gasteiger partial charge in [-0.3, -0.25) is 9.89 Å². The number of aromatic nitrogens is 2. The van der Waals surface area contributed by atoms with Crippen LogP contribution in [-0.4, -0.2) is 16.1 Å². The van der Waals surface area contributed by atoms with Gasteiger partial charge in [0.25, 0.3) is 5.91 Å². The summed E-state index contributed by atoms with van der Waals surface area (Å²) in [5, 5.41) is 9.80. The second-order valence-corrected chi connectivity index (χ2v) is 4.43. The number of halogens is 2. The number of carbonyl (C=O) groups excluding carboxylic acids is 1. The molecule has 7 heteroatoms. The quantitative estimate of drug-likeness (QED) is 0.808. The second kappa shape index (κ2) is 5.29. The van der Waals surface area contributed by atoms with Crippen LogP contribution in [0.2, 0.25) is 10.0 Å². The van der Waals surface area contributed by atoms with Crippen LogP contribution in [0.5, 0.6) is 0 Å². The number of H-pyrrole nitrogens is 1. The van der Waals surface area contributed by atoms with Crippen LogP contribution in [0.25, 0.3) is 0 Å². The maximum atomic E-state index is 11.8. The first-order chi connectivity index (χ1) is 8.58. The number of nitrogens with one attached hydrogen (secondary N) is 2. The Morgan fingerprint density at radius 3 is 2.78 bits per heavy atom. The molecule has 0 atom stereocenters. The highest BCUT2D eigenvalue weighted by Gasteiger charge is 2.09. The van der Waals surface area contributed by atoms with Crippen molar-refractivity contribution in [1.82, 2.24) is 15.5 Å². The second-order valence-electron chi connectivity index (χ2n) is 3.62. The van der Waals surface area contributed by atoms with Gasteiger partial charge < -0.3 is 11.1 Å². The fourth-order valence-corrected chi connectivity index (χ4v) is 1.67. The lowest BCUT2D eigenvalue weighted by Crippen LogP contribution is -2.23. The molecule has 0 aliphatic heterocycles. The maximum absolute atomic E-state index is 11.8. The van der Waals surface area contributed by atoms with Crippen molar-refractivity contribution in [3.63, 3.8) is 0 Å². The average molecular weight is 285 g/mol. The number of amides is 1. The maximum Gasteiger partial charge on any atom is 0.251 e. The number of anilines is 1. The molecule has 1 amide bonds. The molecule has 1 heterocycles. The van der Waals surface area contributed by atoms with Crippen LogP contribution >= 0.6 is 23.2 Å². The van der Waals surface area contributed by atoms with Crippen molar-refractivity contribution >= 4 is 34.9 Å². The smallest absolute Gasteiger partial charge is 0.251 e. The van der Waals surface area contributed by atoms with Crippen molar-refractivity contribution in [3.8, 4) is 0 Å². The van der Waals surface area contributed by atoms with Gasteiger partial charge in [0.1, 0.15) is 5.82 Å². The first-order valence-corrected chi connectivity index (χ1v) is 5.84. The highest BCUT2D eigenvalue weighted by Crippen LogP contribution is 2.22. The number of nitrogens with zero attached hydrogens (tertiary/aromatic N) is 1. The average Bonchev–Trinajstić information content (AvgIpc) is 2.75. The summed E-state index contributed by atoms with van der Waals surface area (Å²) in [5.74, 6) is 0.179. The highest BCUT2D eigenvalue weighted by atomic mass is 35.5. The molecule has 0 spiro atoms. The normalized spacial score (nSPS) is 10.3. The van der Waals surface area contributed by atoms with Crippen molar-refractivity contribution in [2.75, 3.05) is 5.73 Å². The minimum atomic E-state index is -0.255. The van der Waals surface area contributed by atoms with E-state index in [0.717, 1.165) is 5.56 Å².